The number of nitrogens with zero attached hydrogens (tertiary/aromatic N) is 1. The first-order valence-corrected chi connectivity index (χ1v) is 7.36. The fourth-order valence-electron chi connectivity index (χ4n) is 2.48. The molecular formula is C14H21ClN2O2. The Morgan fingerprint density at radius 2 is 2.37 bits per heavy atom. The predicted molar refractivity (Wildman–Crippen MR) is 75.6 cm³/mol. The third kappa shape index (κ3) is 3.98. The normalized spacial score (nSPS) is 19.4. The van der Waals surface area contributed by atoms with Gasteiger partial charge >= 0.3 is 0 Å². The van der Waals surface area contributed by atoms with Gasteiger partial charge in [-0.3, -0.25) is 4.79 Å². The van der Waals surface area contributed by atoms with E-state index in [4.69, 9.17) is 16.0 Å². The van der Waals surface area contributed by atoms with E-state index in [9.17, 15) is 4.79 Å². The van der Waals surface area contributed by atoms with E-state index in [-0.39, 0.29) is 11.1 Å². The van der Waals surface area contributed by atoms with Crippen molar-refractivity contribution in [2.45, 2.75) is 38.6 Å². The average molecular weight is 285 g/mol. The first kappa shape index (κ1) is 14.4. The molecule has 1 aromatic heterocycles. The molecule has 1 saturated heterocycles. The highest BCUT2D eigenvalue weighted by Crippen LogP contribution is 2.16. The van der Waals surface area contributed by atoms with Crippen LogP contribution >= 0.6 is 11.6 Å². The number of nitrogens with one attached hydrogen (secondary N) is 1. The predicted octanol–water partition coefficient (Wildman–Crippen LogP) is 2.93. The van der Waals surface area contributed by atoms with Crippen molar-refractivity contribution in [2.24, 2.45) is 0 Å². The smallest absolute Gasteiger partial charge is 0.289 e. The summed E-state index contributed by atoms with van der Waals surface area (Å²) in [6.07, 6.45) is 4.53. The molecule has 0 radical (unpaired) electrons. The first-order chi connectivity index (χ1) is 9.20. The van der Waals surface area contributed by atoms with Gasteiger partial charge in [0.1, 0.15) is 0 Å². The number of rotatable bonds is 5. The van der Waals surface area contributed by atoms with Gasteiger partial charge in [0, 0.05) is 19.1 Å². The molecular weight excluding hydrogens is 264 g/mol. The highest BCUT2D eigenvalue weighted by molar-refractivity contribution is 6.29. The summed E-state index contributed by atoms with van der Waals surface area (Å²) in [5.41, 5.74) is 0. The van der Waals surface area contributed by atoms with E-state index >= 15 is 0 Å². The SMILES string of the molecule is CCCN(CC1CCCCN1)C(=O)c1ccc(Cl)o1. The molecule has 1 unspecified atom stereocenters. The molecule has 106 valence electrons. The average Bonchev–Trinajstić information content (AvgIpc) is 2.85. The molecule has 0 bridgehead atoms. The Morgan fingerprint density at radius 1 is 1.53 bits per heavy atom. The Hall–Kier alpha value is -1.00. The van der Waals surface area contributed by atoms with Crippen LogP contribution in [0.1, 0.15) is 43.2 Å². The monoisotopic (exact) mass is 284 g/mol. The van der Waals surface area contributed by atoms with E-state index in [0.717, 1.165) is 32.5 Å². The highest BCUT2D eigenvalue weighted by atomic mass is 35.5. The molecule has 4 nitrogen and oxygen atoms in total. The Bertz CT molecular complexity index is 413. The van der Waals surface area contributed by atoms with Gasteiger partial charge < -0.3 is 14.6 Å². The van der Waals surface area contributed by atoms with Crippen molar-refractivity contribution in [3.8, 4) is 0 Å². The van der Waals surface area contributed by atoms with Gasteiger partial charge in [-0.25, -0.2) is 0 Å². The first-order valence-electron chi connectivity index (χ1n) is 6.98. The molecule has 1 aliphatic rings. The molecule has 0 spiro atoms. The Labute approximate surface area is 119 Å². The minimum Gasteiger partial charge on any atom is -0.440 e. The lowest BCUT2D eigenvalue weighted by atomic mass is 10.0. The molecule has 0 aromatic carbocycles. The summed E-state index contributed by atoms with van der Waals surface area (Å²) in [7, 11) is 0. The molecule has 1 fully saturated rings. The van der Waals surface area contributed by atoms with Gasteiger partial charge in [-0.1, -0.05) is 13.3 Å². The molecule has 0 saturated carbocycles. The Morgan fingerprint density at radius 3 is 2.95 bits per heavy atom. The summed E-state index contributed by atoms with van der Waals surface area (Å²) in [4.78, 5) is 14.2. The molecule has 0 aliphatic carbocycles. The number of hydrogen-bond donors (Lipinski definition) is 1. The minimum absolute atomic E-state index is 0.0684. The number of furan rings is 1. The third-order valence-corrected chi connectivity index (χ3v) is 3.62. The number of amides is 1. The van der Waals surface area contributed by atoms with Gasteiger partial charge in [0.05, 0.1) is 0 Å². The number of carbonyl (C=O) groups is 1. The summed E-state index contributed by atoms with van der Waals surface area (Å²) in [6.45, 7) is 4.61. The van der Waals surface area contributed by atoms with Crippen molar-refractivity contribution in [1.82, 2.24) is 10.2 Å². The second-order valence-corrected chi connectivity index (χ2v) is 5.37. The van der Waals surface area contributed by atoms with Crippen LogP contribution in [0.2, 0.25) is 5.22 Å². The molecule has 1 amide bonds. The van der Waals surface area contributed by atoms with Crippen molar-refractivity contribution in [3.05, 3.63) is 23.1 Å². The zero-order valence-electron chi connectivity index (χ0n) is 11.3. The quantitative estimate of drug-likeness (QED) is 0.904. The fraction of sp³-hybridized carbons (Fsp3) is 0.643. The van der Waals surface area contributed by atoms with Crippen LogP contribution in [0.15, 0.2) is 16.5 Å². The van der Waals surface area contributed by atoms with Gasteiger partial charge in [-0.15, -0.1) is 0 Å². The minimum atomic E-state index is -0.0684. The topological polar surface area (TPSA) is 45.5 Å². The van der Waals surface area contributed by atoms with Crippen molar-refractivity contribution in [2.75, 3.05) is 19.6 Å². The third-order valence-electron chi connectivity index (χ3n) is 3.42. The molecule has 19 heavy (non-hydrogen) atoms. The van der Waals surface area contributed by atoms with Crippen LogP contribution in [-0.4, -0.2) is 36.5 Å². The van der Waals surface area contributed by atoms with Crippen LogP contribution in [0, 0.1) is 0 Å². The van der Waals surface area contributed by atoms with Crippen LogP contribution in [0.25, 0.3) is 0 Å². The van der Waals surface area contributed by atoms with Gasteiger partial charge in [0.15, 0.2) is 11.0 Å². The zero-order chi connectivity index (χ0) is 13.7. The Kier molecular flexibility index (Phi) is 5.28. The summed E-state index contributed by atoms with van der Waals surface area (Å²) in [5.74, 6) is 0.260. The maximum absolute atomic E-state index is 12.4. The van der Waals surface area contributed by atoms with E-state index in [1.54, 1.807) is 12.1 Å². The molecule has 2 rings (SSSR count). The maximum Gasteiger partial charge on any atom is 0.289 e. The van der Waals surface area contributed by atoms with E-state index in [2.05, 4.69) is 12.2 Å². The van der Waals surface area contributed by atoms with Crippen LogP contribution < -0.4 is 5.32 Å². The lowest BCUT2D eigenvalue weighted by molar-refractivity contribution is 0.0700. The van der Waals surface area contributed by atoms with Gasteiger partial charge in [0.2, 0.25) is 0 Å². The summed E-state index contributed by atoms with van der Waals surface area (Å²) < 4.78 is 5.22. The summed E-state index contributed by atoms with van der Waals surface area (Å²) in [5, 5.41) is 3.73. The standard InChI is InChI=1S/C14H21ClN2O2/c1-2-9-17(10-11-5-3-4-8-16-11)14(18)12-6-7-13(15)19-12/h6-7,11,16H,2-5,8-10H2,1H3. The molecule has 1 aliphatic heterocycles. The van der Waals surface area contributed by atoms with E-state index < -0.39 is 0 Å². The lowest BCUT2D eigenvalue weighted by Crippen LogP contribution is -2.46. The highest BCUT2D eigenvalue weighted by Gasteiger charge is 2.23. The van der Waals surface area contributed by atoms with Crippen LogP contribution in [-0.2, 0) is 0 Å². The number of halogens is 1. The van der Waals surface area contributed by atoms with Crippen LogP contribution in [0.5, 0.6) is 0 Å². The number of hydrogen-bond acceptors (Lipinski definition) is 3. The second kappa shape index (κ2) is 6.96. The van der Waals surface area contributed by atoms with Gasteiger partial charge in [-0.2, -0.15) is 0 Å². The molecule has 1 atom stereocenters. The van der Waals surface area contributed by atoms with Crippen molar-refractivity contribution in [1.29, 1.82) is 0 Å². The van der Waals surface area contributed by atoms with Crippen LogP contribution in [0.4, 0.5) is 0 Å². The van der Waals surface area contributed by atoms with Crippen LogP contribution in [0.3, 0.4) is 0 Å². The van der Waals surface area contributed by atoms with E-state index in [0.29, 0.717) is 11.8 Å². The number of piperidine rings is 1. The van der Waals surface area contributed by atoms with Crippen molar-refractivity contribution >= 4 is 17.5 Å². The lowest BCUT2D eigenvalue weighted by Gasteiger charge is -2.30. The van der Waals surface area contributed by atoms with E-state index in [1.165, 1.54) is 12.8 Å². The summed E-state index contributed by atoms with van der Waals surface area (Å²) >= 11 is 5.73. The largest absolute Gasteiger partial charge is 0.440 e. The fourth-order valence-corrected chi connectivity index (χ4v) is 2.62. The number of carbonyl (C=O) groups excluding carboxylic acids is 1. The molecule has 1 aromatic rings. The zero-order valence-corrected chi connectivity index (χ0v) is 12.1. The molecule has 1 N–H and O–H groups in total. The Balaban J connectivity index is 1.99. The summed E-state index contributed by atoms with van der Waals surface area (Å²) in [6, 6.07) is 3.65. The molecule has 5 heteroatoms. The van der Waals surface area contributed by atoms with Crippen molar-refractivity contribution < 1.29 is 9.21 Å². The van der Waals surface area contributed by atoms with Gasteiger partial charge in [-0.05, 0) is 49.5 Å². The molecule has 2 heterocycles. The van der Waals surface area contributed by atoms with E-state index in [1.807, 2.05) is 4.90 Å². The van der Waals surface area contributed by atoms with Gasteiger partial charge in [0.25, 0.3) is 5.91 Å². The maximum atomic E-state index is 12.4. The van der Waals surface area contributed by atoms with Crippen molar-refractivity contribution in [3.63, 3.8) is 0 Å². The second-order valence-electron chi connectivity index (χ2n) is 5.00.